The maximum atomic E-state index is 12.3. The van der Waals surface area contributed by atoms with Crippen LogP contribution in [0.1, 0.15) is 24.5 Å². The Morgan fingerprint density at radius 2 is 2.04 bits per heavy atom. The first-order valence-electron chi connectivity index (χ1n) is 9.01. The SMILES string of the molecule is Cc1cccc(NC(=O)Oc2ccc3c(c2)[C@]2(C)CCN(C)C2N3C)c1. The molecule has 2 heterocycles. The summed E-state index contributed by atoms with van der Waals surface area (Å²) >= 11 is 0. The number of nitrogens with zero attached hydrogens (tertiary/aromatic N) is 2. The predicted molar refractivity (Wildman–Crippen MR) is 104 cm³/mol. The number of anilines is 2. The van der Waals surface area contributed by atoms with Crippen molar-refractivity contribution in [3.8, 4) is 5.75 Å². The van der Waals surface area contributed by atoms with Crippen molar-refractivity contribution in [2.24, 2.45) is 0 Å². The van der Waals surface area contributed by atoms with Crippen LogP contribution >= 0.6 is 0 Å². The molecule has 2 aliphatic heterocycles. The number of benzene rings is 2. The van der Waals surface area contributed by atoms with Gasteiger partial charge in [-0.1, -0.05) is 19.1 Å². The first-order chi connectivity index (χ1) is 12.4. The third-order valence-corrected chi connectivity index (χ3v) is 5.78. The van der Waals surface area contributed by atoms with Crippen molar-refractivity contribution in [1.29, 1.82) is 0 Å². The van der Waals surface area contributed by atoms with Crippen molar-refractivity contribution >= 4 is 17.5 Å². The number of ether oxygens (including phenoxy) is 1. The van der Waals surface area contributed by atoms with Crippen LogP contribution in [-0.2, 0) is 5.41 Å². The van der Waals surface area contributed by atoms with E-state index >= 15 is 0 Å². The summed E-state index contributed by atoms with van der Waals surface area (Å²) in [6.07, 6.45) is 0.991. The Labute approximate surface area is 154 Å². The van der Waals surface area contributed by atoms with Crippen LogP contribution in [0.2, 0.25) is 0 Å². The van der Waals surface area contributed by atoms with E-state index in [1.54, 1.807) is 0 Å². The standard InChI is InChI=1S/C21H25N3O2/c1-14-6-5-7-15(12-14)22-20(25)26-16-8-9-18-17(13-16)21(2)10-11-23(3)19(21)24(18)4/h5-9,12-13,19H,10-11H2,1-4H3,(H,22,25)/t19?,21-/m0/s1. The molecule has 0 bridgehead atoms. The lowest BCUT2D eigenvalue weighted by Gasteiger charge is -2.32. The highest BCUT2D eigenvalue weighted by Crippen LogP contribution is 2.51. The van der Waals surface area contributed by atoms with Crippen molar-refractivity contribution in [3.05, 3.63) is 53.6 Å². The van der Waals surface area contributed by atoms with E-state index in [9.17, 15) is 4.79 Å². The van der Waals surface area contributed by atoms with E-state index in [0.717, 1.165) is 24.2 Å². The zero-order valence-corrected chi connectivity index (χ0v) is 15.7. The molecule has 5 heteroatoms. The predicted octanol–water partition coefficient (Wildman–Crippen LogP) is 3.98. The van der Waals surface area contributed by atoms with Crippen LogP contribution in [0.15, 0.2) is 42.5 Å². The zero-order valence-electron chi connectivity index (χ0n) is 15.7. The molecule has 1 N–H and O–H groups in total. The van der Waals surface area contributed by atoms with Crippen LogP contribution in [0.5, 0.6) is 5.75 Å². The van der Waals surface area contributed by atoms with E-state index < -0.39 is 6.09 Å². The minimum atomic E-state index is -0.466. The summed E-state index contributed by atoms with van der Waals surface area (Å²) in [4.78, 5) is 17.0. The van der Waals surface area contributed by atoms with Crippen molar-refractivity contribution < 1.29 is 9.53 Å². The number of aryl methyl sites for hydroxylation is 1. The Balaban J connectivity index is 1.55. The number of nitrogens with one attached hydrogen (secondary N) is 1. The number of carbonyl (C=O) groups excluding carboxylic acids is 1. The highest BCUT2D eigenvalue weighted by atomic mass is 16.6. The molecule has 0 radical (unpaired) electrons. The molecular weight excluding hydrogens is 326 g/mol. The molecule has 2 atom stereocenters. The van der Waals surface area contributed by atoms with Crippen LogP contribution in [0.4, 0.5) is 16.2 Å². The Morgan fingerprint density at radius 3 is 2.81 bits per heavy atom. The fourth-order valence-electron chi connectivity index (χ4n) is 4.59. The van der Waals surface area contributed by atoms with Crippen molar-refractivity contribution in [1.82, 2.24) is 4.90 Å². The molecule has 4 rings (SSSR count). The van der Waals surface area contributed by atoms with Gasteiger partial charge in [0.15, 0.2) is 0 Å². The topological polar surface area (TPSA) is 44.8 Å². The van der Waals surface area contributed by atoms with Gasteiger partial charge in [0.2, 0.25) is 0 Å². The Kier molecular flexibility index (Phi) is 3.92. The van der Waals surface area contributed by atoms with Gasteiger partial charge < -0.3 is 9.64 Å². The second kappa shape index (κ2) is 6.02. The number of likely N-dealkylation sites (tertiary alicyclic amines) is 1. The van der Waals surface area contributed by atoms with Crippen molar-refractivity contribution in [2.45, 2.75) is 31.8 Å². The smallest absolute Gasteiger partial charge is 0.410 e. The van der Waals surface area contributed by atoms with Gasteiger partial charge in [-0.3, -0.25) is 10.2 Å². The highest BCUT2D eigenvalue weighted by Gasteiger charge is 2.52. The monoisotopic (exact) mass is 351 g/mol. The molecule has 2 aromatic rings. The van der Waals surface area contributed by atoms with Crippen LogP contribution in [0.3, 0.4) is 0 Å². The normalized spacial score (nSPS) is 24.3. The third kappa shape index (κ3) is 2.63. The van der Waals surface area contributed by atoms with E-state index in [2.05, 4.69) is 42.2 Å². The fourth-order valence-corrected chi connectivity index (χ4v) is 4.59. The van der Waals surface area contributed by atoms with Gasteiger partial charge in [0.25, 0.3) is 0 Å². The summed E-state index contributed by atoms with van der Waals surface area (Å²) < 4.78 is 5.56. The van der Waals surface area contributed by atoms with Gasteiger partial charge in [0, 0.05) is 30.4 Å². The summed E-state index contributed by atoms with van der Waals surface area (Å²) in [5.74, 6) is 0.582. The molecule has 0 spiro atoms. The van der Waals surface area contributed by atoms with Gasteiger partial charge in [0.1, 0.15) is 5.75 Å². The molecule has 1 unspecified atom stereocenters. The molecule has 1 saturated heterocycles. The molecule has 26 heavy (non-hydrogen) atoms. The molecule has 5 nitrogen and oxygen atoms in total. The number of fused-ring (bicyclic) bond motifs is 3. The van der Waals surface area contributed by atoms with Crippen molar-refractivity contribution in [2.75, 3.05) is 30.9 Å². The summed E-state index contributed by atoms with van der Waals surface area (Å²) in [7, 11) is 4.31. The van der Waals surface area contributed by atoms with Crippen LogP contribution < -0.4 is 15.0 Å². The number of rotatable bonds is 2. The van der Waals surface area contributed by atoms with Crippen molar-refractivity contribution in [3.63, 3.8) is 0 Å². The molecule has 0 saturated carbocycles. The van der Waals surface area contributed by atoms with Gasteiger partial charge in [-0.25, -0.2) is 4.79 Å². The Hall–Kier alpha value is -2.53. The maximum absolute atomic E-state index is 12.3. The first-order valence-corrected chi connectivity index (χ1v) is 9.01. The minimum Gasteiger partial charge on any atom is -0.410 e. The van der Waals surface area contributed by atoms with Gasteiger partial charge in [-0.2, -0.15) is 0 Å². The fraction of sp³-hybridized carbons (Fsp3) is 0.381. The largest absolute Gasteiger partial charge is 0.417 e. The second-order valence-electron chi connectivity index (χ2n) is 7.70. The second-order valence-corrected chi connectivity index (χ2v) is 7.70. The van der Waals surface area contributed by atoms with Gasteiger partial charge >= 0.3 is 6.09 Å². The first kappa shape index (κ1) is 16.9. The number of amides is 1. The highest BCUT2D eigenvalue weighted by molar-refractivity contribution is 5.86. The molecular formula is C21H25N3O2. The average Bonchev–Trinajstić information content (AvgIpc) is 3.00. The van der Waals surface area contributed by atoms with Gasteiger partial charge in [-0.05, 0) is 61.9 Å². The lowest BCUT2D eigenvalue weighted by atomic mass is 9.81. The number of hydrogen-bond acceptors (Lipinski definition) is 4. The minimum absolute atomic E-state index is 0.0607. The number of carbonyl (C=O) groups is 1. The lowest BCUT2D eigenvalue weighted by molar-refractivity contribution is 0.215. The summed E-state index contributed by atoms with van der Waals surface area (Å²) in [6.45, 7) is 5.37. The lowest BCUT2D eigenvalue weighted by Crippen LogP contribution is -2.45. The molecule has 1 fully saturated rings. The molecule has 0 aliphatic carbocycles. The Bertz CT molecular complexity index is 866. The summed E-state index contributed by atoms with van der Waals surface area (Å²) in [5.41, 5.74) is 4.37. The molecule has 136 valence electrons. The number of likely N-dealkylation sites (N-methyl/N-ethyl adjacent to an activating group) is 2. The molecule has 0 aromatic heterocycles. The van der Waals surface area contributed by atoms with E-state index in [0.29, 0.717) is 11.9 Å². The van der Waals surface area contributed by atoms with E-state index in [1.165, 1.54) is 11.3 Å². The summed E-state index contributed by atoms with van der Waals surface area (Å²) in [6, 6.07) is 13.6. The third-order valence-electron chi connectivity index (χ3n) is 5.78. The van der Waals surface area contributed by atoms with Crippen LogP contribution in [-0.4, -0.2) is 37.8 Å². The van der Waals surface area contributed by atoms with Crippen LogP contribution in [0, 0.1) is 6.92 Å². The van der Waals surface area contributed by atoms with Gasteiger partial charge in [-0.15, -0.1) is 0 Å². The van der Waals surface area contributed by atoms with Crippen LogP contribution in [0.25, 0.3) is 0 Å². The van der Waals surface area contributed by atoms with E-state index in [-0.39, 0.29) is 5.41 Å². The van der Waals surface area contributed by atoms with E-state index in [4.69, 9.17) is 4.74 Å². The van der Waals surface area contributed by atoms with Gasteiger partial charge in [0.05, 0.1) is 6.17 Å². The number of hydrogen-bond donors (Lipinski definition) is 1. The molecule has 2 aromatic carbocycles. The quantitative estimate of drug-likeness (QED) is 0.889. The maximum Gasteiger partial charge on any atom is 0.417 e. The van der Waals surface area contributed by atoms with E-state index in [1.807, 2.05) is 43.3 Å². The molecule has 1 amide bonds. The summed E-state index contributed by atoms with van der Waals surface area (Å²) in [5, 5.41) is 2.79. The zero-order chi connectivity index (χ0) is 18.5. The molecule has 2 aliphatic rings. The average molecular weight is 351 g/mol. The Morgan fingerprint density at radius 1 is 1.23 bits per heavy atom.